The lowest BCUT2D eigenvalue weighted by molar-refractivity contribution is -0.130. The maximum absolute atomic E-state index is 12.5. The normalized spacial score (nSPS) is 27.6. The van der Waals surface area contributed by atoms with Crippen LogP contribution >= 0.6 is 0 Å². The Morgan fingerprint density at radius 2 is 1.81 bits per heavy atom. The Kier molecular flexibility index (Phi) is 6.30. The molecule has 5 nitrogen and oxygen atoms in total. The second-order valence-corrected chi connectivity index (χ2v) is 7.95. The van der Waals surface area contributed by atoms with Gasteiger partial charge in [-0.05, 0) is 43.1 Å². The Balaban J connectivity index is 1.51. The molecule has 2 aliphatic carbocycles. The first kappa shape index (κ1) is 18.9. The molecule has 2 amide bonds. The van der Waals surface area contributed by atoms with Crippen molar-refractivity contribution >= 4 is 11.8 Å². The first-order valence-electron chi connectivity index (χ1n) is 9.87. The maximum Gasteiger partial charge on any atom is 0.222 e. The van der Waals surface area contributed by atoms with Gasteiger partial charge in [0.1, 0.15) is 0 Å². The predicted molar refractivity (Wildman–Crippen MR) is 102 cm³/mol. The van der Waals surface area contributed by atoms with Gasteiger partial charge in [0, 0.05) is 38.5 Å². The number of amides is 2. The van der Waals surface area contributed by atoms with Gasteiger partial charge in [-0.15, -0.1) is 0 Å². The summed E-state index contributed by atoms with van der Waals surface area (Å²) in [7, 11) is 0. The molecule has 0 radical (unpaired) electrons. The van der Waals surface area contributed by atoms with Gasteiger partial charge in [0.15, 0.2) is 0 Å². The summed E-state index contributed by atoms with van der Waals surface area (Å²) >= 11 is 0. The number of nitrogens with two attached hydrogens (primary N) is 1. The van der Waals surface area contributed by atoms with Gasteiger partial charge in [0.25, 0.3) is 0 Å². The number of nitrogens with one attached hydrogen (secondary N) is 1. The Bertz CT molecular complexity index is 605. The van der Waals surface area contributed by atoms with Gasteiger partial charge < -0.3 is 16.0 Å². The summed E-state index contributed by atoms with van der Waals surface area (Å²) in [6, 6.07) is 10.5. The molecule has 5 heteroatoms. The molecule has 0 heterocycles. The van der Waals surface area contributed by atoms with Gasteiger partial charge in [-0.2, -0.15) is 0 Å². The van der Waals surface area contributed by atoms with Crippen molar-refractivity contribution in [3.63, 3.8) is 0 Å². The minimum Gasteiger partial charge on any atom is -0.353 e. The standard InChI is InChI=1S/C21H31N3O2/c1-15(25)24(14-16-6-3-2-4-7-16)11-10-20(26)23-21-17-8-5-9-18(21)13-19(22)12-17/h2-4,6-7,17-19,21H,5,8-14,22H2,1H3,(H,23,26). The minimum atomic E-state index is 0.00200. The zero-order chi connectivity index (χ0) is 18.5. The van der Waals surface area contributed by atoms with E-state index in [1.54, 1.807) is 11.8 Å². The smallest absolute Gasteiger partial charge is 0.222 e. The quantitative estimate of drug-likeness (QED) is 0.821. The van der Waals surface area contributed by atoms with Crippen LogP contribution < -0.4 is 11.1 Å². The van der Waals surface area contributed by atoms with E-state index in [9.17, 15) is 9.59 Å². The molecule has 26 heavy (non-hydrogen) atoms. The van der Waals surface area contributed by atoms with Crippen LogP contribution in [0.15, 0.2) is 30.3 Å². The predicted octanol–water partition coefficient (Wildman–Crippen LogP) is 2.45. The summed E-state index contributed by atoms with van der Waals surface area (Å²) in [6.45, 7) is 2.57. The maximum atomic E-state index is 12.5. The number of carbonyl (C=O) groups excluding carboxylic acids is 2. The highest BCUT2D eigenvalue weighted by atomic mass is 16.2. The van der Waals surface area contributed by atoms with E-state index in [4.69, 9.17) is 5.73 Å². The second-order valence-electron chi connectivity index (χ2n) is 7.95. The minimum absolute atomic E-state index is 0.00200. The highest BCUT2D eigenvalue weighted by Crippen LogP contribution is 2.39. The molecule has 1 aromatic rings. The van der Waals surface area contributed by atoms with Crippen molar-refractivity contribution in [2.24, 2.45) is 17.6 Å². The lowest BCUT2D eigenvalue weighted by Gasteiger charge is -2.45. The van der Waals surface area contributed by atoms with Gasteiger partial charge in [-0.1, -0.05) is 36.8 Å². The number of hydrogen-bond donors (Lipinski definition) is 2. The third-order valence-corrected chi connectivity index (χ3v) is 5.97. The number of carbonyl (C=O) groups is 2. The lowest BCUT2D eigenvalue weighted by Crippen LogP contribution is -2.54. The molecule has 2 bridgehead atoms. The highest BCUT2D eigenvalue weighted by molar-refractivity contribution is 5.78. The molecular formula is C21H31N3O2. The fraction of sp³-hybridized carbons (Fsp3) is 0.619. The topological polar surface area (TPSA) is 75.4 Å². The Hall–Kier alpha value is -1.88. The van der Waals surface area contributed by atoms with Crippen molar-refractivity contribution in [3.8, 4) is 0 Å². The molecule has 0 saturated heterocycles. The van der Waals surface area contributed by atoms with E-state index in [2.05, 4.69) is 5.32 Å². The SMILES string of the molecule is CC(=O)N(CCC(=O)NC1C2CCCC1CC(N)C2)Cc1ccccc1. The van der Waals surface area contributed by atoms with Crippen molar-refractivity contribution in [2.45, 2.75) is 64.1 Å². The average Bonchev–Trinajstić information content (AvgIpc) is 2.60. The molecule has 2 aliphatic rings. The molecule has 3 N–H and O–H groups in total. The van der Waals surface area contributed by atoms with Crippen molar-refractivity contribution in [2.75, 3.05) is 6.54 Å². The number of fused-ring (bicyclic) bond motifs is 2. The first-order valence-corrected chi connectivity index (χ1v) is 9.87. The van der Waals surface area contributed by atoms with Crippen molar-refractivity contribution in [3.05, 3.63) is 35.9 Å². The van der Waals surface area contributed by atoms with E-state index in [-0.39, 0.29) is 23.9 Å². The molecule has 2 atom stereocenters. The van der Waals surface area contributed by atoms with Gasteiger partial charge in [0.05, 0.1) is 0 Å². The van der Waals surface area contributed by atoms with Crippen LogP contribution in [0.1, 0.15) is 51.0 Å². The van der Waals surface area contributed by atoms with Crippen LogP contribution in [0.25, 0.3) is 0 Å². The monoisotopic (exact) mass is 357 g/mol. The summed E-state index contributed by atoms with van der Waals surface area (Å²) in [5, 5.41) is 3.27. The van der Waals surface area contributed by atoms with Crippen molar-refractivity contribution in [1.29, 1.82) is 0 Å². The Morgan fingerprint density at radius 3 is 2.42 bits per heavy atom. The zero-order valence-corrected chi connectivity index (χ0v) is 15.7. The van der Waals surface area contributed by atoms with E-state index in [0.717, 1.165) is 18.4 Å². The number of rotatable bonds is 6. The van der Waals surface area contributed by atoms with E-state index < -0.39 is 0 Å². The van der Waals surface area contributed by atoms with Crippen LogP contribution in [0, 0.1) is 11.8 Å². The lowest BCUT2D eigenvalue weighted by atomic mass is 9.67. The van der Waals surface area contributed by atoms with E-state index >= 15 is 0 Å². The zero-order valence-electron chi connectivity index (χ0n) is 15.7. The van der Waals surface area contributed by atoms with E-state index in [0.29, 0.717) is 31.3 Å². The third kappa shape index (κ3) is 4.85. The largest absolute Gasteiger partial charge is 0.353 e. The van der Waals surface area contributed by atoms with Crippen LogP contribution in [-0.2, 0) is 16.1 Å². The second kappa shape index (κ2) is 8.67. The van der Waals surface area contributed by atoms with Crippen LogP contribution in [0.3, 0.4) is 0 Å². The molecule has 0 aliphatic heterocycles. The molecule has 0 spiro atoms. The summed E-state index contributed by atoms with van der Waals surface area (Å²) in [6.07, 6.45) is 5.99. The molecule has 2 saturated carbocycles. The summed E-state index contributed by atoms with van der Waals surface area (Å²) in [5.74, 6) is 1.10. The van der Waals surface area contributed by atoms with Crippen LogP contribution in [0.5, 0.6) is 0 Å². The number of benzene rings is 1. The number of hydrogen-bond acceptors (Lipinski definition) is 3. The number of nitrogens with zero attached hydrogens (tertiary/aromatic N) is 1. The Labute approximate surface area is 156 Å². The van der Waals surface area contributed by atoms with E-state index in [1.165, 1.54) is 19.3 Å². The van der Waals surface area contributed by atoms with Crippen molar-refractivity contribution < 1.29 is 9.59 Å². The van der Waals surface area contributed by atoms with Crippen LogP contribution in [-0.4, -0.2) is 35.3 Å². The molecule has 2 fully saturated rings. The van der Waals surface area contributed by atoms with Crippen molar-refractivity contribution in [1.82, 2.24) is 10.2 Å². The van der Waals surface area contributed by atoms with E-state index in [1.807, 2.05) is 30.3 Å². The fourth-order valence-electron chi connectivity index (χ4n) is 4.67. The molecule has 3 rings (SSSR count). The van der Waals surface area contributed by atoms with Crippen LogP contribution in [0.2, 0.25) is 0 Å². The van der Waals surface area contributed by atoms with Gasteiger partial charge in [-0.3, -0.25) is 9.59 Å². The fourth-order valence-corrected chi connectivity index (χ4v) is 4.67. The molecule has 142 valence electrons. The third-order valence-electron chi connectivity index (χ3n) is 5.97. The molecule has 0 aromatic heterocycles. The summed E-state index contributed by atoms with van der Waals surface area (Å²) in [5.41, 5.74) is 7.25. The molecular weight excluding hydrogens is 326 g/mol. The first-order chi connectivity index (χ1) is 12.5. The molecule has 1 aromatic carbocycles. The molecule has 2 unspecified atom stereocenters. The Morgan fingerprint density at radius 1 is 1.15 bits per heavy atom. The van der Waals surface area contributed by atoms with Crippen LogP contribution in [0.4, 0.5) is 0 Å². The summed E-state index contributed by atoms with van der Waals surface area (Å²) in [4.78, 5) is 26.2. The highest BCUT2D eigenvalue weighted by Gasteiger charge is 2.39. The van der Waals surface area contributed by atoms with Gasteiger partial charge in [0.2, 0.25) is 11.8 Å². The van der Waals surface area contributed by atoms with Gasteiger partial charge in [-0.25, -0.2) is 0 Å². The van der Waals surface area contributed by atoms with Gasteiger partial charge >= 0.3 is 0 Å². The average molecular weight is 357 g/mol. The summed E-state index contributed by atoms with van der Waals surface area (Å²) < 4.78 is 0.